The van der Waals surface area contributed by atoms with Gasteiger partial charge in [0.15, 0.2) is 0 Å². The minimum atomic E-state index is -0.819. The Hall–Kier alpha value is -1.12. The number of hydrogen-bond donors (Lipinski definition) is 2. The first-order valence-corrected chi connectivity index (χ1v) is 8.22. The zero-order chi connectivity index (χ0) is 17.8. The number of nitriles is 1. The average molecular weight is 313 g/mol. The van der Waals surface area contributed by atoms with Crippen molar-refractivity contribution >= 4 is 5.97 Å². The zero-order valence-electron chi connectivity index (χ0n) is 15.2. The first-order chi connectivity index (χ1) is 10.0. The number of hydrogen-bond acceptors (Lipinski definition) is 5. The summed E-state index contributed by atoms with van der Waals surface area (Å²) in [5.41, 5.74) is 9.94. The van der Waals surface area contributed by atoms with E-state index in [1.807, 2.05) is 13.8 Å². The van der Waals surface area contributed by atoms with Gasteiger partial charge in [0, 0.05) is 0 Å². The van der Waals surface area contributed by atoms with Gasteiger partial charge in [0.25, 0.3) is 0 Å². The standard InChI is InChI=1S/C10H21NO2.C7H14N2/c1-5-6-7-10(4,11)9(12)13-8(2)3;1-3-4-5-7(2,9)6-8/h8H,5-7,11H2,1-4H3;3-5,9H2,1-2H3. The van der Waals surface area contributed by atoms with E-state index in [2.05, 4.69) is 19.9 Å². The lowest BCUT2D eigenvalue weighted by Gasteiger charge is -2.23. The van der Waals surface area contributed by atoms with Crippen LogP contribution in [0.15, 0.2) is 0 Å². The van der Waals surface area contributed by atoms with Gasteiger partial charge in [-0.1, -0.05) is 39.5 Å². The molecule has 5 nitrogen and oxygen atoms in total. The molecule has 5 heteroatoms. The lowest BCUT2D eigenvalue weighted by Crippen LogP contribution is -2.46. The lowest BCUT2D eigenvalue weighted by molar-refractivity contribution is -0.153. The highest BCUT2D eigenvalue weighted by atomic mass is 16.5. The van der Waals surface area contributed by atoms with Crippen molar-refractivity contribution in [2.45, 2.75) is 97.2 Å². The topological polar surface area (TPSA) is 102 Å². The first-order valence-electron chi connectivity index (χ1n) is 8.22. The molecule has 0 heterocycles. The van der Waals surface area contributed by atoms with E-state index in [1.54, 1.807) is 13.8 Å². The monoisotopic (exact) mass is 313 g/mol. The Morgan fingerprint density at radius 1 is 1.14 bits per heavy atom. The summed E-state index contributed by atoms with van der Waals surface area (Å²) in [5, 5.41) is 8.45. The number of unbranched alkanes of at least 4 members (excludes halogenated alkanes) is 2. The molecular weight excluding hydrogens is 278 g/mol. The fourth-order valence-corrected chi connectivity index (χ4v) is 1.59. The number of ether oxygens (including phenoxy) is 1. The summed E-state index contributed by atoms with van der Waals surface area (Å²) < 4.78 is 5.05. The fraction of sp³-hybridized carbons (Fsp3) is 0.882. The second kappa shape index (κ2) is 11.4. The quantitative estimate of drug-likeness (QED) is 0.669. The fourth-order valence-electron chi connectivity index (χ4n) is 1.59. The molecule has 0 radical (unpaired) electrons. The number of nitrogens with zero attached hydrogens (tertiary/aromatic N) is 1. The van der Waals surface area contributed by atoms with E-state index in [9.17, 15) is 4.79 Å². The summed E-state index contributed by atoms with van der Waals surface area (Å²) in [6.07, 6.45) is 5.56. The van der Waals surface area contributed by atoms with E-state index in [0.29, 0.717) is 6.42 Å². The largest absolute Gasteiger partial charge is 0.462 e. The Balaban J connectivity index is 0. The maximum absolute atomic E-state index is 11.4. The minimum absolute atomic E-state index is 0.0861. The van der Waals surface area contributed by atoms with Crippen molar-refractivity contribution in [1.29, 1.82) is 5.26 Å². The van der Waals surface area contributed by atoms with Gasteiger partial charge in [0.1, 0.15) is 11.1 Å². The number of carbonyl (C=O) groups excluding carboxylic acids is 1. The molecule has 0 aromatic heterocycles. The highest BCUT2D eigenvalue weighted by Gasteiger charge is 2.29. The molecule has 22 heavy (non-hydrogen) atoms. The zero-order valence-corrected chi connectivity index (χ0v) is 15.2. The third-order valence-electron chi connectivity index (χ3n) is 3.16. The summed E-state index contributed by atoms with van der Waals surface area (Å²) in [4.78, 5) is 11.4. The van der Waals surface area contributed by atoms with Crippen LogP contribution in [0, 0.1) is 11.3 Å². The molecular formula is C17H35N3O2. The summed E-state index contributed by atoms with van der Waals surface area (Å²) in [5.74, 6) is -0.295. The van der Waals surface area contributed by atoms with Gasteiger partial charge in [-0.05, 0) is 40.5 Å². The second-order valence-electron chi connectivity index (χ2n) is 6.61. The molecule has 2 atom stereocenters. The SMILES string of the molecule is CCCCC(C)(N)C#N.CCCCC(C)(N)C(=O)OC(C)C. The molecule has 0 aromatic carbocycles. The Bertz CT molecular complexity index is 344. The molecule has 0 rings (SSSR count). The molecule has 0 saturated heterocycles. The van der Waals surface area contributed by atoms with Crippen molar-refractivity contribution in [2.75, 3.05) is 0 Å². The van der Waals surface area contributed by atoms with Crippen molar-refractivity contribution in [1.82, 2.24) is 0 Å². The van der Waals surface area contributed by atoms with E-state index >= 15 is 0 Å². The van der Waals surface area contributed by atoms with Crippen molar-refractivity contribution in [2.24, 2.45) is 11.5 Å². The number of nitrogens with two attached hydrogens (primary N) is 2. The average Bonchev–Trinajstić information content (AvgIpc) is 2.43. The lowest BCUT2D eigenvalue weighted by atomic mass is 9.96. The highest BCUT2D eigenvalue weighted by Crippen LogP contribution is 2.13. The van der Waals surface area contributed by atoms with Crippen molar-refractivity contribution in [3.8, 4) is 6.07 Å². The molecule has 0 fully saturated rings. The van der Waals surface area contributed by atoms with Crippen molar-refractivity contribution < 1.29 is 9.53 Å². The van der Waals surface area contributed by atoms with Crippen LogP contribution in [-0.2, 0) is 9.53 Å². The van der Waals surface area contributed by atoms with E-state index in [-0.39, 0.29) is 12.1 Å². The molecule has 0 aromatic rings. The van der Waals surface area contributed by atoms with Gasteiger partial charge >= 0.3 is 5.97 Å². The Kier molecular flexibility index (Phi) is 12.0. The molecule has 0 bridgehead atoms. The molecule has 0 aliphatic rings. The summed E-state index contributed by atoms with van der Waals surface area (Å²) in [6, 6.07) is 2.05. The molecule has 0 amide bonds. The van der Waals surface area contributed by atoms with Crippen LogP contribution >= 0.6 is 0 Å². The van der Waals surface area contributed by atoms with Crippen LogP contribution in [-0.4, -0.2) is 23.2 Å². The van der Waals surface area contributed by atoms with Crippen LogP contribution in [0.3, 0.4) is 0 Å². The van der Waals surface area contributed by atoms with Gasteiger partial charge < -0.3 is 16.2 Å². The molecule has 0 aliphatic carbocycles. The van der Waals surface area contributed by atoms with Crippen molar-refractivity contribution in [3.63, 3.8) is 0 Å². The minimum Gasteiger partial charge on any atom is -0.462 e. The normalized spacial score (nSPS) is 15.8. The first kappa shape index (κ1) is 23.2. The molecule has 0 spiro atoms. The second-order valence-corrected chi connectivity index (χ2v) is 6.61. The number of carbonyl (C=O) groups is 1. The van der Waals surface area contributed by atoms with E-state index in [1.165, 1.54) is 0 Å². The smallest absolute Gasteiger partial charge is 0.326 e. The van der Waals surface area contributed by atoms with Crippen LogP contribution in [0.25, 0.3) is 0 Å². The van der Waals surface area contributed by atoms with Crippen LogP contribution < -0.4 is 11.5 Å². The maximum atomic E-state index is 11.4. The van der Waals surface area contributed by atoms with Gasteiger partial charge in [-0.25, -0.2) is 0 Å². The Labute approximate surface area is 136 Å². The van der Waals surface area contributed by atoms with Crippen LogP contribution in [0.2, 0.25) is 0 Å². The summed E-state index contributed by atoms with van der Waals surface area (Å²) >= 11 is 0. The van der Waals surface area contributed by atoms with Gasteiger partial charge in [0.2, 0.25) is 0 Å². The molecule has 130 valence electrons. The van der Waals surface area contributed by atoms with Crippen LogP contribution in [0.1, 0.15) is 80.1 Å². The number of rotatable bonds is 8. The maximum Gasteiger partial charge on any atom is 0.326 e. The van der Waals surface area contributed by atoms with E-state index < -0.39 is 11.1 Å². The predicted octanol–water partition coefficient (Wildman–Crippen LogP) is 3.26. The van der Waals surface area contributed by atoms with Gasteiger partial charge in [0.05, 0.1) is 12.2 Å². The number of esters is 1. The summed E-state index contributed by atoms with van der Waals surface area (Å²) in [6.45, 7) is 11.3. The Morgan fingerprint density at radius 2 is 1.59 bits per heavy atom. The van der Waals surface area contributed by atoms with E-state index in [4.69, 9.17) is 21.5 Å². The Morgan fingerprint density at radius 3 is 1.95 bits per heavy atom. The van der Waals surface area contributed by atoms with Gasteiger partial charge in [-0.3, -0.25) is 4.79 Å². The third-order valence-corrected chi connectivity index (χ3v) is 3.16. The van der Waals surface area contributed by atoms with E-state index in [0.717, 1.165) is 32.1 Å². The van der Waals surface area contributed by atoms with Gasteiger partial charge in [-0.15, -0.1) is 0 Å². The predicted molar refractivity (Wildman–Crippen MR) is 91.1 cm³/mol. The van der Waals surface area contributed by atoms with Crippen molar-refractivity contribution in [3.05, 3.63) is 0 Å². The molecule has 0 saturated carbocycles. The third kappa shape index (κ3) is 12.6. The van der Waals surface area contributed by atoms with Crippen LogP contribution in [0.4, 0.5) is 0 Å². The molecule has 4 N–H and O–H groups in total. The molecule has 0 aliphatic heterocycles. The summed E-state index contributed by atoms with van der Waals surface area (Å²) in [7, 11) is 0. The van der Waals surface area contributed by atoms with Gasteiger partial charge in [-0.2, -0.15) is 5.26 Å². The molecule has 2 unspecified atom stereocenters. The highest BCUT2D eigenvalue weighted by molar-refractivity contribution is 5.80. The van der Waals surface area contributed by atoms with Crippen LogP contribution in [0.5, 0.6) is 0 Å².